The molecule has 1 aliphatic heterocycles. The van der Waals surface area contributed by atoms with Crippen molar-refractivity contribution in [3.63, 3.8) is 0 Å². The first-order chi connectivity index (χ1) is 11.3. The van der Waals surface area contributed by atoms with Gasteiger partial charge in [-0.3, -0.25) is 9.69 Å². The van der Waals surface area contributed by atoms with Gasteiger partial charge >= 0.3 is 0 Å². The lowest BCUT2D eigenvalue weighted by molar-refractivity contribution is -0.132. The fraction of sp³-hybridized carbons (Fsp3) is 0.529. The monoisotopic (exact) mass is 331 g/mol. The Morgan fingerprint density at radius 1 is 1.35 bits per heavy atom. The summed E-state index contributed by atoms with van der Waals surface area (Å²) < 4.78 is 5.44. The highest BCUT2D eigenvalue weighted by atomic mass is 32.1. The van der Waals surface area contributed by atoms with Gasteiger partial charge in [0.25, 0.3) is 0 Å². The highest BCUT2D eigenvalue weighted by molar-refractivity contribution is 7.07. The molecule has 1 saturated heterocycles. The van der Waals surface area contributed by atoms with Crippen LogP contribution in [0.3, 0.4) is 0 Å². The molecule has 0 bridgehead atoms. The van der Waals surface area contributed by atoms with Crippen LogP contribution in [0.1, 0.15) is 30.2 Å². The van der Waals surface area contributed by atoms with Gasteiger partial charge in [-0.1, -0.05) is 0 Å². The molecular formula is C17H21N3O2S. The van der Waals surface area contributed by atoms with E-state index in [0.717, 1.165) is 57.0 Å². The van der Waals surface area contributed by atoms with Crippen molar-refractivity contribution in [3.05, 3.63) is 40.7 Å². The van der Waals surface area contributed by atoms with E-state index >= 15 is 0 Å². The predicted octanol–water partition coefficient (Wildman–Crippen LogP) is 2.57. The summed E-state index contributed by atoms with van der Waals surface area (Å²) in [7, 11) is 0. The van der Waals surface area contributed by atoms with Crippen molar-refractivity contribution in [3.8, 4) is 0 Å². The van der Waals surface area contributed by atoms with Gasteiger partial charge in [0.05, 0.1) is 17.5 Å². The standard InChI is InChI=1S/C17H21N3O2S/c21-17(15-9-14(15)16-3-1-8-22-16)20-5-2-4-19(6-7-20)10-13-11-23-12-18-13/h1,3,8,11-12,14-15H,2,4-7,9-10H2/t14-,15+/m0/s1. The van der Waals surface area contributed by atoms with Gasteiger partial charge in [-0.2, -0.15) is 0 Å². The fourth-order valence-electron chi connectivity index (χ4n) is 3.41. The number of carbonyl (C=O) groups is 1. The largest absolute Gasteiger partial charge is 0.469 e. The maximum atomic E-state index is 12.7. The summed E-state index contributed by atoms with van der Waals surface area (Å²) >= 11 is 1.64. The lowest BCUT2D eigenvalue weighted by Crippen LogP contribution is -2.36. The van der Waals surface area contributed by atoms with Gasteiger partial charge in [-0.25, -0.2) is 4.98 Å². The molecule has 1 saturated carbocycles. The van der Waals surface area contributed by atoms with E-state index in [0.29, 0.717) is 11.8 Å². The quantitative estimate of drug-likeness (QED) is 0.864. The van der Waals surface area contributed by atoms with E-state index in [2.05, 4.69) is 20.2 Å². The molecule has 1 amide bonds. The number of carbonyl (C=O) groups excluding carboxylic acids is 1. The number of hydrogen-bond acceptors (Lipinski definition) is 5. The Morgan fingerprint density at radius 2 is 2.30 bits per heavy atom. The van der Waals surface area contributed by atoms with Crippen LogP contribution in [-0.2, 0) is 11.3 Å². The number of furan rings is 1. The minimum absolute atomic E-state index is 0.131. The van der Waals surface area contributed by atoms with Gasteiger partial charge in [0.2, 0.25) is 5.91 Å². The molecule has 0 radical (unpaired) electrons. The van der Waals surface area contributed by atoms with Crippen LogP contribution in [0.25, 0.3) is 0 Å². The highest BCUT2D eigenvalue weighted by Crippen LogP contribution is 2.48. The molecule has 23 heavy (non-hydrogen) atoms. The molecule has 0 aromatic carbocycles. The van der Waals surface area contributed by atoms with Gasteiger partial charge in [0, 0.05) is 49.9 Å². The Balaban J connectivity index is 1.31. The zero-order chi connectivity index (χ0) is 15.6. The van der Waals surface area contributed by atoms with Crippen LogP contribution < -0.4 is 0 Å². The molecule has 2 aliphatic rings. The van der Waals surface area contributed by atoms with E-state index < -0.39 is 0 Å². The van der Waals surface area contributed by atoms with Crippen molar-refractivity contribution in [2.45, 2.75) is 25.3 Å². The summed E-state index contributed by atoms with van der Waals surface area (Å²) in [5, 5.41) is 2.10. The lowest BCUT2D eigenvalue weighted by atomic mass is 10.2. The third-order valence-corrected chi connectivity index (χ3v) is 5.42. The first-order valence-electron chi connectivity index (χ1n) is 8.23. The van der Waals surface area contributed by atoms with Crippen molar-refractivity contribution in [1.29, 1.82) is 0 Å². The molecule has 2 atom stereocenters. The summed E-state index contributed by atoms with van der Waals surface area (Å²) in [6, 6.07) is 3.88. The maximum absolute atomic E-state index is 12.7. The van der Waals surface area contributed by atoms with Crippen LogP contribution in [-0.4, -0.2) is 46.9 Å². The van der Waals surface area contributed by atoms with Crippen molar-refractivity contribution in [1.82, 2.24) is 14.8 Å². The number of rotatable bonds is 4. The molecule has 2 aromatic heterocycles. The second-order valence-corrected chi connectivity index (χ2v) is 7.12. The molecule has 4 rings (SSSR count). The SMILES string of the molecule is O=C([C@@H]1C[C@@H]1c1ccco1)N1CCCN(Cc2cscn2)CC1. The van der Waals surface area contributed by atoms with E-state index in [4.69, 9.17) is 4.42 Å². The van der Waals surface area contributed by atoms with Crippen molar-refractivity contribution in [2.24, 2.45) is 5.92 Å². The number of thiazole rings is 1. The molecular weight excluding hydrogens is 310 g/mol. The van der Waals surface area contributed by atoms with E-state index in [1.807, 2.05) is 17.6 Å². The second kappa shape index (κ2) is 6.45. The minimum Gasteiger partial charge on any atom is -0.469 e. The number of hydrogen-bond donors (Lipinski definition) is 0. The Bertz CT molecular complexity index is 641. The van der Waals surface area contributed by atoms with E-state index in [9.17, 15) is 4.79 Å². The van der Waals surface area contributed by atoms with E-state index in [-0.39, 0.29) is 5.92 Å². The zero-order valence-electron chi connectivity index (χ0n) is 13.1. The molecule has 2 fully saturated rings. The van der Waals surface area contributed by atoms with Crippen molar-refractivity contribution >= 4 is 17.2 Å². The minimum atomic E-state index is 0.131. The van der Waals surface area contributed by atoms with E-state index in [1.54, 1.807) is 17.6 Å². The third kappa shape index (κ3) is 3.33. The number of nitrogens with zero attached hydrogens (tertiary/aromatic N) is 3. The topological polar surface area (TPSA) is 49.6 Å². The van der Waals surface area contributed by atoms with Gasteiger partial charge in [-0.05, 0) is 25.0 Å². The summed E-state index contributed by atoms with van der Waals surface area (Å²) in [4.78, 5) is 21.5. The summed E-state index contributed by atoms with van der Waals surface area (Å²) in [5.74, 6) is 1.70. The molecule has 5 nitrogen and oxygen atoms in total. The van der Waals surface area contributed by atoms with Crippen LogP contribution in [0.15, 0.2) is 33.7 Å². The van der Waals surface area contributed by atoms with Crippen molar-refractivity contribution in [2.75, 3.05) is 26.2 Å². The Labute approximate surface area is 139 Å². The predicted molar refractivity (Wildman–Crippen MR) is 88.1 cm³/mol. The van der Waals surface area contributed by atoms with Gasteiger partial charge in [-0.15, -0.1) is 11.3 Å². The highest BCUT2D eigenvalue weighted by Gasteiger charge is 2.47. The second-order valence-electron chi connectivity index (χ2n) is 6.40. The van der Waals surface area contributed by atoms with Crippen LogP contribution in [0.4, 0.5) is 0 Å². The smallest absolute Gasteiger partial charge is 0.226 e. The van der Waals surface area contributed by atoms with Crippen LogP contribution >= 0.6 is 11.3 Å². The Hall–Kier alpha value is -1.66. The number of aromatic nitrogens is 1. The van der Waals surface area contributed by atoms with Gasteiger partial charge < -0.3 is 9.32 Å². The van der Waals surface area contributed by atoms with E-state index in [1.165, 1.54) is 0 Å². The van der Waals surface area contributed by atoms with Crippen LogP contribution in [0, 0.1) is 5.92 Å². The first-order valence-corrected chi connectivity index (χ1v) is 9.17. The number of amides is 1. The maximum Gasteiger partial charge on any atom is 0.226 e. The Morgan fingerprint density at radius 3 is 3.09 bits per heavy atom. The summed E-state index contributed by atoms with van der Waals surface area (Å²) in [5.41, 5.74) is 3.01. The average molecular weight is 331 g/mol. The van der Waals surface area contributed by atoms with Crippen LogP contribution in [0.5, 0.6) is 0 Å². The summed E-state index contributed by atoms with van der Waals surface area (Å²) in [6.45, 7) is 4.55. The van der Waals surface area contributed by atoms with Gasteiger partial charge in [0.15, 0.2) is 0 Å². The fourth-order valence-corrected chi connectivity index (χ4v) is 3.96. The van der Waals surface area contributed by atoms with Gasteiger partial charge in [0.1, 0.15) is 5.76 Å². The molecule has 0 unspecified atom stereocenters. The summed E-state index contributed by atoms with van der Waals surface area (Å²) in [6.07, 6.45) is 3.66. The lowest BCUT2D eigenvalue weighted by Gasteiger charge is -2.21. The molecule has 0 spiro atoms. The molecule has 0 N–H and O–H groups in total. The normalized spacial score (nSPS) is 25.3. The zero-order valence-corrected chi connectivity index (χ0v) is 13.9. The first kappa shape index (κ1) is 14.9. The molecule has 1 aliphatic carbocycles. The third-order valence-electron chi connectivity index (χ3n) is 4.79. The molecule has 3 heterocycles. The van der Waals surface area contributed by atoms with Crippen LogP contribution in [0.2, 0.25) is 0 Å². The molecule has 6 heteroatoms. The average Bonchev–Trinajstić information content (AvgIpc) is 2.96. The Kier molecular flexibility index (Phi) is 4.18. The van der Waals surface area contributed by atoms with Crippen molar-refractivity contribution < 1.29 is 9.21 Å². The molecule has 2 aromatic rings. The molecule has 122 valence electrons.